The number of amides is 2. The molecule has 2 aromatic carbocycles. The van der Waals surface area contributed by atoms with Gasteiger partial charge in [0.2, 0.25) is 0 Å². The van der Waals surface area contributed by atoms with E-state index in [9.17, 15) is 9.59 Å². The van der Waals surface area contributed by atoms with Crippen LogP contribution in [0.5, 0.6) is 23.0 Å². The fourth-order valence-electron chi connectivity index (χ4n) is 3.79. The molecule has 0 bridgehead atoms. The fourth-order valence-corrected chi connectivity index (χ4v) is 3.79. The predicted molar refractivity (Wildman–Crippen MR) is 124 cm³/mol. The fraction of sp³-hybridized carbons (Fsp3) is 0.440. The minimum Gasteiger partial charge on any atom is -0.493 e. The number of likely N-dealkylation sites (tertiary alicyclic amines) is 1. The molecule has 0 unspecified atom stereocenters. The molecule has 8 heteroatoms. The van der Waals surface area contributed by atoms with E-state index in [1.54, 1.807) is 38.5 Å². The third kappa shape index (κ3) is 6.54. The summed E-state index contributed by atoms with van der Waals surface area (Å²) in [5, 5.41) is 2.94. The molecule has 1 fully saturated rings. The zero-order valence-electron chi connectivity index (χ0n) is 19.5. The van der Waals surface area contributed by atoms with Crippen LogP contribution in [0.3, 0.4) is 0 Å². The van der Waals surface area contributed by atoms with Gasteiger partial charge in [-0.3, -0.25) is 9.59 Å². The van der Waals surface area contributed by atoms with Gasteiger partial charge in [-0.15, -0.1) is 0 Å². The molecule has 3 rings (SSSR count). The molecular formula is C25H32N2O6. The first kappa shape index (κ1) is 24.2. The number of para-hydroxylation sites is 2. The molecule has 178 valence electrons. The summed E-state index contributed by atoms with van der Waals surface area (Å²) in [5.74, 6) is 2.42. The normalized spacial score (nSPS) is 13.8. The summed E-state index contributed by atoms with van der Waals surface area (Å²) in [6.45, 7) is 4.21. The second kappa shape index (κ2) is 12.0. The van der Waals surface area contributed by atoms with Gasteiger partial charge in [-0.05, 0) is 56.0 Å². The van der Waals surface area contributed by atoms with Crippen LogP contribution in [-0.2, 0) is 4.79 Å². The van der Waals surface area contributed by atoms with Gasteiger partial charge in [-0.2, -0.15) is 0 Å². The number of ether oxygens (including phenoxy) is 4. The monoisotopic (exact) mass is 456 g/mol. The lowest BCUT2D eigenvalue weighted by Gasteiger charge is -2.32. The summed E-state index contributed by atoms with van der Waals surface area (Å²) in [5.41, 5.74) is 0.573. The number of rotatable bonds is 10. The smallest absolute Gasteiger partial charge is 0.257 e. The van der Waals surface area contributed by atoms with E-state index in [0.717, 1.165) is 12.8 Å². The summed E-state index contributed by atoms with van der Waals surface area (Å²) in [6.07, 6.45) is 1.65. The Morgan fingerprint density at radius 1 is 0.939 bits per heavy atom. The Labute approximate surface area is 194 Å². The molecule has 8 nitrogen and oxygen atoms in total. The summed E-state index contributed by atoms with van der Waals surface area (Å²) in [6, 6.07) is 12.5. The molecule has 1 heterocycles. The standard InChI is InChI=1S/C25H32N2O6/c1-4-32-21-7-5-6-8-22(21)33-17-24(28)26-16-18-11-13-27(14-12-18)25(29)19-9-10-20(30-2)23(15-19)31-3/h5-10,15,18H,4,11-14,16-17H2,1-3H3,(H,26,28). The number of carbonyl (C=O) groups excluding carboxylic acids is 2. The van der Waals surface area contributed by atoms with Crippen LogP contribution in [-0.4, -0.2) is 63.8 Å². The minimum atomic E-state index is -0.176. The van der Waals surface area contributed by atoms with Crippen molar-refractivity contribution in [3.63, 3.8) is 0 Å². The highest BCUT2D eigenvalue weighted by atomic mass is 16.5. The van der Waals surface area contributed by atoms with Gasteiger partial charge in [-0.25, -0.2) is 0 Å². The summed E-state index contributed by atoms with van der Waals surface area (Å²) >= 11 is 0. The number of nitrogens with zero attached hydrogens (tertiary/aromatic N) is 1. The molecular weight excluding hydrogens is 424 g/mol. The SMILES string of the molecule is CCOc1ccccc1OCC(=O)NCC1CCN(C(=O)c2ccc(OC)c(OC)c2)CC1. The molecule has 0 atom stereocenters. The molecule has 0 radical (unpaired) electrons. The molecule has 1 N–H and O–H groups in total. The molecule has 1 aliphatic rings. The van der Waals surface area contributed by atoms with Crippen molar-refractivity contribution in [2.75, 3.05) is 47.1 Å². The van der Waals surface area contributed by atoms with Gasteiger partial charge in [0.05, 0.1) is 20.8 Å². The van der Waals surface area contributed by atoms with E-state index in [0.29, 0.717) is 60.7 Å². The van der Waals surface area contributed by atoms with Crippen molar-refractivity contribution in [1.82, 2.24) is 10.2 Å². The first-order valence-corrected chi connectivity index (χ1v) is 11.2. The van der Waals surface area contributed by atoms with E-state index in [-0.39, 0.29) is 18.4 Å². The molecule has 1 aliphatic heterocycles. The number of benzene rings is 2. The van der Waals surface area contributed by atoms with Crippen LogP contribution in [0.25, 0.3) is 0 Å². The lowest BCUT2D eigenvalue weighted by Crippen LogP contribution is -2.42. The van der Waals surface area contributed by atoms with Crippen LogP contribution in [0.15, 0.2) is 42.5 Å². The average molecular weight is 457 g/mol. The Hall–Kier alpha value is -3.42. The maximum atomic E-state index is 12.9. The number of methoxy groups -OCH3 is 2. The molecule has 0 saturated carbocycles. The third-order valence-electron chi connectivity index (χ3n) is 5.63. The van der Waals surface area contributed by atoms with Gasteiger partial charge in [0, 0.05) is 25.2 Å². The van der Waals surface area contributed by atoms with Crippen molar-refractivity contribution in [1.29, 1.82) is 0 Å². The van der Waals surface area contributed by atoms with E-state index in [2.05, 4.69) is 5.32 Å². The Balaban J connectivity index is 1.42. The Bertz CT molecular complexity index is 940. The highest BCUT2D eigenvalue weighted by Gasteiger charge is 2.24. The number of hydrogen-bond donors (Lipinski definition) is 1. The lowest BCUT2D eigenvalue weighted by molar-refractivity contribution is -0.123. The quantitative estimate of drug-likeness (QED) is 0.591. The third-order valence-corrected chi connectivity index (χ3v) is 5.63. The maximum Gasteiger partial charge on any atom is 0.257 e. The molecule has 2 amide bonds. The van der Waals surface area contributed by atoms with Gasteiger partial charge in [0.15, 0.2) is 29.6 Å². The van der Waals surface area contributed by atoms with Gasteiger partial charge in [-0.1, -0.05) is 12.1 Å². The predicted octanol–water partition coefficient (Wildman–Crippen LogP) is 3.15. The molecule has 1 saturated heterocycles. The van der Waals surface area contributed by atoms with Crippen LogP contribution in [0.2, 0.25) is 0 Å². The number of hydrogen-bond acceptors (Lipinski definition) is 6. The first-order valence-electron chi connectivity index (χ1n) is 11.2. The van der Waals surface area contributed by atoms with E-state index in [1.165, 1.54) is 0 Å². The van der Waals surface area contributed by atoms with Gasteiger partial charge >= 0.3 is 0 Å². The number of piperidine rings is 1. The average Bonchev–Trinajstić information content (AvgIpc) is 2.86. The highest BCUT2D eigenvalue weighted by Crippen LogP contribution is 2.29. The Morgan fingerprint density at radius 2 is 1.61 bits per heavy atom. The Morgan fingerprint density at radius 3 is 2.24 bits per heavy atom. The van der Waals surface area contributed by atoms with E-state index in [1.807, 2.05) is 30.0 Å². The summed E-state index contributed by atoms with van der Waals surface area (Å²) < 4.78 is 21.7. The lowest BCUT2D eigenvalue weighted by atomic mass is 9.96. The van der Waals surface area contributed by atoms with Crippen molar-refractivity contribution in [3.8, 4) is 23.0 Å². The maximum absolute atomic E-state index is 12.9. The van der Waals surface area contributed by atoms with Crippen LogP contribution in [0.1, 0.15) is 30.1 Å². The van der Waals surface area contributed by atoms with Gasteiger partial charge < -0.3 is 29.2 Å². The van der Waals surface area contributed by atoms with Gasteiger partial charge in [0.25, 0.3) is 11.8 Å². The van der Waals surface area contributed by atoms with Crippen LogP contribution >= 0.6 is 0 Å². The van der Waals surface area contributed by atoms with Crippen LogP contribution in [0.4, 0.5) is 0 Å². The van der Waals surface area contributed by atoms with Crippen molar-refractivity contribution in [2.45, 2.75) is 19.8 Å². The molecule has 0 spiro atoms. The van der Waals surface area contributed by atoms with Crippen molar-refractivity contribution >= 4 is 11.8 Å². The number of nitrogens with one attached hydrogen (secondary N) is 1. The molecule has 0 aliphatic carbocycles. The minimum absolute atomic E-state index is 0.0280. The van der Waals surface area contributed by atoms with E-state index < -0.39 is 0 Å². The largest absolute Gasteiger partial charge is 0.493 e. The summed E-state index contributed by atoms with van der Waals surface area (Å²) in [4.78, 5) is 26.9. The topological polar surface area (TPSA) is 86.3 Å². The van der Waals surface area contributed by atoms with E-state index >= 15 is 0 Å². The zero-order valence-corrected chi connectivity index (χ0v) is 19.5. The van der Waals surface area contributed by atoms with Crippen LogP contribution < -0.4 is 24.3 Å². The van der Waals surface area contributed by atoms with Crippen molar-refractivity contribution < 1.29 is 28.5 Å². The van der Waals surface area contributed by atoms with Gasteiger partial charge in [0.1, 0.15) is 0 Å². The summed E-state index contributed by atoms with van der Waals surface area (Å²) in [7, 11) is 3.11. The van der Waals surface area contributed by atoms with E-state index in [4.69, 9.17) is 18.9 Å². The zero-order chi connectivity index (χ0) is 23.6. The second-order valence-electron chi connectivity index (χ2n) is 7.78. The Kier molecular flexibility index (Phi) is 8.80. The first-order chi connectivity index (χ1) is 16.0. The van der Waals surface area contributed by atoms with Crippen LogP contribution in [0, 0.1) is 5.92 Å². The second-order valence-corrected chi connectivity index (χ2v) is 7.78. The van der Waals surface area contributed by atoms with Crippen molar-refractivity contribution in [3.05, 3.63) is 48.0 Å². The molecule has 2 aromatic rings. The van der Waals surface area contributed by atoms with Crippen molar-refractivity contribution in [2.24, 2.45) is 5.92 Å². The highest BCUT2D eigenvalue weighted by molar-refractivity contribution is 5.95. The number of carbonyl (C=O) groups is 2. The molecule has 0 aromatic heterocycles. The molecule has 33 heavy (non-hydrogen) atoms.